The molecule has 3 heteroatoms. The molecule has 0 aliphatic carbocycles. The molecule has 0 bridgehead atoms. The minimum Gasteiger partial charge on any atom is -0.267 e. The molecule has 0 spiro atoms. The third-order valence-corrected chi connectivity index (χ3v) is 2.56. The molecule has 0 aliphatic rings. The molecular formula is C11H11ClN2. The SMILES string of the molecule is C=C(CCl)c1c2ccccc2nn1C. The number of rotatable bonds is 2. The molecule has 2 nitrogen and oxygen atoms in total. The van der Waals surface area contributed by atoms with Crippen LogP contribution >= 0.6 is 11.6 Å². The van der Waals surface area contributed by atoms with Crippen LogP contribution in [0.2, 0.25) is 0 Å². The fraction of sp³-hybridized carbons (Fsp3) is 0.182. The maximum absolute atomic E-state index is 5.78. The Balaban J connectivity index is 2.74. The Morgan fingerprint density at radius 1 is 1.50 bits per heavy atom. The van der Waals surface area contributed by atoms with E-state index < -0.39 is 0 Å². The summed E-state index contributed by atoms with van der Waals surface area (Å²) in [5, 5.41) is 5.49. The van der Waals surface area contributed by atoms with E-state index in [1.807, 2.05) is 36.0 Å². The first-order chi connectivity index (χ1) is 6.74. The van der Waals surface area contributed by atoms with Gasteiger partial charge >= 0.3 is 0 Å². The van der Waals surface area contributed by atoms with Crippen LogP contribution < -0.4 is 0 Å². The zero-order valence-electron chi connectivity index (χ0n) is 8.00. The first kappa shape index (κ1) is 9.28. The molecule has 0 amide bonds. The lowest BCUT2D eigenvalue weighted by molar-refractivity contribution is 0.767. The number of alkyl halides is 1. The van der Waals surface area contributed by atoms with Crippen molar-refractivity contribution in [3.8, 4) is 0 Å². The summed E-state index contributed by atoms with van der Waals surface area (Å²) in [5.74, 6) is 0.434. The predicted molar refractivity (Wildman–Crippen MR) is 60.5 cm³/mol. The van der Waals surface area contributed by atoms with Gasteiger partial charge in [-0.05, 0) is 11.6 Å². The summed E-state index contributed by atoms with van der Waals surface area (Å²) in [4.78, 5) is 0. The van der Waals surface area contributed by atoms with E-state index >= 15 is 0 Å². The van der Waals surface area contributed by atoms with Crippen LogP contribution in [0.25, 0.3) is 16.5 Å². The van der Waals surface area contributed by atoms with E-state index in [4.69, 9.17) is 11.6 Å². The Labute approximate surface area is 87.8 Å². The van der Waals surface area contributed by atoms with Gasteiger partial charge in [-0.1, -0.05) is 24.8 Å². The standard InChI is InChI=1S/C11H11ClN2/c1-8(7-12)11-9-5-3-4-6-10(9)13-14(11)2/h3-6H,1,7H2,2H3. The van der Waals surface area contributed by atoms with Crippen LogP contribution in [0.15, 0.2) is 30.8 Å². The molecule has 0 saturated carbocycles. The highest BCUT2D eigenvalue weighted by Gasteiger charge is 2.09. The second-order valence-electron chi connectivity index (χ2n) is 3.23. The first-order valence-corrected chi connectivity index (χ1v) is 4.93. The van der Waals surface area contributed by atoms with Gasteiger partial charge in [0.25, 0.3) is 0 Å². The molecule has 0 atom stereocenters. The van der Waals surface area contributed by atoms with Gasteiger partial charge in [-0.15, -0.1) is 11.6 Å². The van der Waals surface area contributed by atoms with Crippen molar-refractivity contribution < 1.29 is 0 Å². The second-order valence-corrected chi connectivity index (χ2v) is 3.49. The molecule has 0 radical (unpaired) electrons. The Hall–Kier alpha value is -1.28. The lowest BCUT2D eigenvalue weighted by atomic mass is 10.1. The van der Waals surface area contributed by atoms with Gasteiger partial charge in [0.15, 0.2) is 0 Å². The normalized spacial score (nSPS) is 10.7. The zero-order valence-corrected chi connectivity index (χ0v) is 8.75. The monoisotopic (exact) mass is 206 g/mol. The average molecular weight is 207 g/mol. The Morgan fingerprint density at radius 3 is 2.93 bits per heavy atom. The fourth-order valence-corrected chi connectivity index (χ4v) is 1.76. The topological polar surface area (TPSA) is 17.8 Å². The Kier molecular flexibility index (Phi) is 2.30. The third-order valence-electron chi connectivity index (χ3n) is 2.24. The summed E-state index contributed by atoms with van der Waals surface area (Å²) in [7, 11) is 1.91. The number of fused-ring (bicyclic) bond motifs is 1. The van der Waals surface area contributed by atoms with Crippen molar-refractivity contribution in [2.24, 2.45) is 7.05 Å². The summed E-state index contributed by atoms with van der Waals surface area (Å²) in [6.45, 7) is 3.93. The highest BCUT2D eigenvalue weighted by atomic mass is 35.5. The number of nitrogens with zero attached hydrogens (tertiary/aromatic N) is 2. The molecule has 0 saturated heterocycles. The Bertz CT molecular complexity index is 485. The van der Waals surface area contributed by atoms with E-state index in [2.05, 4.69) is 11.7 Å². The van der Waals surface area contributed by atoms with E-state index in [1.54, 1.807) is 0 Å². The number of halogens is 1. The minimum atomic E-state index is 0.434. The number of aromatic nitrogens is 2. The number of hydrogen-bond donors (Lipinski definition) is 0. The lowest BCUT2D eigenvalue weighted by Gasteiger charge is -2.02. The van der Waals surface area contributed by atoms with Crippen LogP contribution in [0.4, 0.5) is 0 Å². The van der Waals surface area contributed by atoms with Gasteiger partial charge in [0.1, 0.15) is 0 Å². The molecule has 1 aromatic carbocycles. The molecule has 1 heterocycles. The molecule has 0 N–H and O–H groups in total. The molecule has 0 fully saturated rings. The van der Waals surface area contributed by atoms with Crippen molar-refractivity contribution in [2.75, 3.05) is 5.88 Å². The molecule has 2 rings (SSSR count). The third kappa shape index (κ3) is 1.32. The number of hydrogen-bond acceptors (Lipinski definition) is 1. The van der Waals surface area contributed by atoms with E-state index in [-0.39, 0.29) is 0 Å². The highest BCUT2D eigenvalue weighted by Crippen LogP contribution is 2.23. The lowest BCUT2D eigenvalue weighted by Crippen LogP contribution is -1.97. The number of allylic oxidation sites excluding steroid dienone is 1. The van der Waals surface area contributed by atoms with Gasteiger partial charge in [0.2, 0.25) is 0 Å². The number of benzene rings is 1. The van der Waals surface area contributed by atoms with Crippen LogP contribution in [0.5, 0.6) is 0 Å². The van der Waals surface area contributed by atoms with Gasteiger partial charge < -0.3 is 0 Å². The molecule has 1 aromatic heterocycles. The van der Waals surface area contributed by atoms with Gasteiger partial charge in [-0.25, -0.2) is 0 Å². The molecule has 14 heavy (non-hydrogen) atoms. The van der Waals surface area contributed by atoms with Crippen molar-refractivity contribution in [1.82, 2.24) is 9.78 Å². The summed E-state index contributed by atoms with van der Waals surface area (Å²) in [5.41, 5.74) is 2.91. The van der Waals surface area contributed by atoms with Gasteiger partial charge in [0.05, 0.1) is 11.2 Å². The molecular weight excluding hydrogens is 196 g/mol. The Morgan fingerprint density at radius 2 is 2.21 bits per heavy atom. The van der Waals surface area contributed by atoms with Gasteiger partial charge in [-0.3, -0.25) is 4.68 Å². The molecule has 0 aliphatic heterocycles. The van der Waals surface area contributed by atoms with Crippen molar-refractivity contribution in [2.45, 2.75) is 0 Å². The molecule has 72 valence electrons. The first-order valence-electron chi connectivity index (χ1n) is 4.40. The minimum absolute atomic E-state index is 0.434. The van der Waals surface area contributed by atoms with E-state index in [9.17, 15) is 0 Å². The van der Waals surface area contributed by atoms with Crippen LogP contribution in [0.1, 0.15) is 5.69 Å². The van der Waals surface area contributed by atoms with Gasteiger partial charge in [-0.2, -0.15) is 5.10 Å². The highest BCUT2D eigenvalue weighted by molar-refractivity contribution is 6.23. The van der Waals surface area contributed by atoms with E-state index in [0.29, 0.717) is 5.88 Å². The maximum atomic E-state index is 5.78. The number of aryl methyl sites for hydroxylation is 1. The van der Waals surface area contributed by atoms with Crippen molar-refractivity contribution in [3.05, 3.63) is 36.5 Å². The summed E-state index contributed by atoms with van der Waals surface area (Å²) in [6.07, 6.45) is 0. The molecule has 0 unspecified atom stereocenters. The van der Waals surface area contributed by atoms with Crippen LogP contribution in [-0.4, -0.2) is 15.7 Å². The largest absolute Gasteiger partial charge is 0.267 e. The van der Waals surface area contributed by atoms with E-state index in [0.717, 1.165) is 22.2 Å². The average Bonchev–Trinajstić information content (AvgIpc) is 2.53. The van der Waals surface area contributed by atoms with Crippen molar-refractivity contribution >= 4 is 28.1 Å². The summed E-state index contributed by atoms with van der Waals surface area (Å²) >= 11 is 5.78. The van der Waals surface area contributed by atoms with Crippen molar-refractivity contribution in [3.63, 3.8) is 0 Å². The summed E-state index contributed by atoms with van der Waals surface area (Å²) in [6, 6.07) is 7.99. The fourth-order valence-electron chi connectivity index (χ4n) is 1.63. The predicted octanol–water partition coefficient (Wildman–Crippen LogP) is 2.83. The molecule has 2 aromatic rings. The van der Waals surface area contributed by atoms with Crippen LogP contribution in [-0.2, 0) is 7.05 Å². The second kappa shape index (κ2) is 3.46. The zero-order chi connectivity index (χ0) is 10.1. The maximum Gasteiger partial charge on any atom is 0.0929 e. The quantitative estimate of drug-likeness (QED) is 0.691. The van der Waals surface area contributed by atoms with Crippen molar-refractivity contribution in [1.29, 1.82) is 0 Å². The summed E-state index contributed by atoms with van der Waals surface area (Å²) < 4.78 is 1.83. The van der Waals surface area contributed by atoms with E-state index in [1.165, 1.54) is 0 Å². The van der Waals surface area contributed by atoms with Gasteiger partial charge in [0, 0.05) is 18.3 Å². The van der Waals surface area contributed by atoms with Crippen LogP contribution in [0, 0.1) is 0 Å². The smallest absolute Gasteiger partial charge is 0.0929 e. The van der Waals surface area contributed by atoms with Crippen LogP contribution in [0.3, 0.4) is 0 Å².